The molecule has 1 rings (SSSR count). The number of aliphatic hydroxyl groups excluding tert-OH is 1. The molecule has 0 spiro atoms. The Bertz CT molecular complexity index is 697. The van der Waals surface area contributed by atoms with E-state index in [9.17, 15) is 29.4 Å². The van der Waals surface area contributed by atoms with Crippen molar-refractivity contribution in [2.24, 2.45) is 0 Å². The lowest BCUT2D eigenvalue weighted by Crippen LogP contribution is -2.53. The Balaban J connectivity index is 2.54. The Hall–Kier alpha value is -2.59. The second-order valence-corrected chi connectivity index (χ2v) is 8.81. The van der Waals surface area contributed by atoms with Gasteiger partial charge in [0, 0.05) is 6.42 Å². The molecule has 10 heteroatoms. The van der Waals surface area contributed by atoms with Crippen molar-refractivity contribution in [1.29, 1.82) is 0 Å². The summed E-state index contributed by atoms with van der Waals surface area (Å²) in [7, 11) is -0.0921. The van der Waals surface area contributed by atoms with E-state index >= 15 is 0 Å². The lowest BCUT2D eigenvalue weighted by Gasteiger charge is -2.19. The molecule has 0 fully saturated rings. The summed E-state index contributed by atoms with van der Waals surface area (Å²) >= 11 is 0. The number of amides is 2. The van der Waals surface area contributed by atoms with Crippen LogP contribution in [-0.4, -0.2) is 70.9 Å². The molecular formula is C19H27N2O7S+. The summed E-state index contributed by atoms with van der Waals surface area (Å²) < 4.78 is 4.98. The van der Waals surface area contributed by atoms with Gasteiger partial charge in [-0.1, -0.05) is 30.3 Å². The number of aliphatic carboxylic acids is 1. The lowest BCUT2D eigenvalue weighted by molar-refractivity contribution is -0.142. The van der Waals surface area contributed by atoms with E-state index in [4.69, 9.17) is 4.74 Å². The van der Waals surface area contributed by atoms with Crippen LogP contribution in [0.3, 0.4) is 0 Å². The third kappa shape index (κ3) is 9.95. The van der Waals surface area contributed by atoms with E-state index in [0.29, 0.717) is 5.75 Å². The number of carbonyl (C=O) groups excluding carboxylic acids is 3. The van der Waals surface area contributed by atoms with Gasteiger partial charge in [-0.25, -0.2) is 9.59 Å². The molecule has 0 saturated heterocycles. The fourth-order valence-electron chi connectivity index (χ4n) is 2.33. The predicted molar refractivity (Wildman–Crippen MR) is 109 cm³/mol. The largest absolute Gasteiger partial charge is 0.480 e. The number of ether oxygens (including phenoxy) is 1. The van der Waals surface area contributed by atoms with Crippen LogP contribution in [0.2, 0.25) is 0 Å². The molecule has 2 atom stereocenters. The van der Waals surface area contributed by atoms with Crippen LogP contribution in [0.1, 0.15) is 18.4 Å². The van der Waals surface area contributed by atoms with Gasteiger partial charge < -0.3 is 25.6 Å². The first-order valence-corrected chi connectivity index (χ1v) is 11.1. The number of rotatable bonds is 12. The molecule has 4 N–H and O–H groups in total. The highest BCUT2D eigenvalue weighted by Crippen LogP contribution is 2.03. The van der Waals surface area contributed by atoms with Crippen molar-refractivity contribution in [3.8, 4) is 0 Å². The highest BCUT2D eigenvalue weighted by atomic mass is 32.2. The number of benzene rings is 1. The summed E-state index contributed by atoms with van der Waals surface area (Å²) in [5.41, 5.74) is 0.741. The van der Waals surface area contributed by atoms with Crippen LogP contribution in [0.15, 0.2) is 30.3 Å². The van der Waals surface area contributed by atoms with E-state index in [2.05, 4.69) is 10.6 Å². The van der Waals surface area contributed by atoms with Crippen LogP contribution in [0.25, 0.3) is 0 Å². The number of hydrogen-bond donors (Lipinski definition) is 4. The van der Waals surface area contributed by atoms with E-state index in [1.807, 2.05) is 18.6 Å². The molecule has 0 aliphatic carbocycles. The van der Waals surface area contributed by atoms with Gasteiger partial charge in [-0.3, -0.25) is 9.59 Å². The Morgan fingerprint density at radius 1 is 1.07 bits per heavy atom. The molecule has 0 aliphatic heterocycles. The van der Waals surface area contributed by atoms with Gasteiger partial charge in [-0.2, -0.15) is 0 Å². The zero-order chi connectivity index (χ0) is 21.8. The van der Waals surface area contributed by atoms with E-state index in [1.54, 1.807) is 24.3 Å². The Kier molecular flexibility index (Phi) is 10.8. The van der Waals surface area contributed by atoms with Crippen LogP contribution < -0.4 is 10.6 Å². The second kappa shape index (κ2) is 12.8. The average Bonchev–Trinajstić information content (AvgIpc) is 2.67. The fourth-order valence-corrected chi connectivity index (χ4v) is 3.12. The van der Waals surface area contributed by atoms with Gasteiger partial charge >= 0.3 is 12.1 Å². The van der Waals surface area contributed by atoms with Gasteiger partial charge in [0.25, 0.3) is 0 Å². The third-order valence-electron chi connectivity index (χ3n) is 3.78. The van der Waals surface area contributed by atoms with Crippen molar-refractivity contribution in [2.75, 3.05) is 24.9 Å². The van der Waals surface area contributed by atoms with Crippen LogP contribution >= 0.6 is 0 Å². The molecule has 2 unspecified atom stereocenters. The maximum absolute atomic E-state index is 12.2. The topological polar surface area (TPSA) is 142 Å². The second-order valence-electron chi connectivity index (χ2n) is 6.55. The van der Waals surface area contributed by atoms with Gasteiger partial charge in [-0.05, 0) is 22.9 Å². The van der Waals surface area contributed by atoms with E-state index in [0.717, 1.165) is 5.56 Å². The SMILES string of the molecule is C[S+](C)CC(=O)CCC(NC(=O)C(CO)NC(=O)OCc1ccccc1)C(=O)O. The Morgan fingerprint density at radius 3 is 2.28 bits per heavy atom. The number of nitrogens with one attached hydrogen (secondary N) is 2. The standard InChI is InChI=1S/C19H26N2O7S/c1-29(2)12-14(23)8-9-15(18(25)26)20-17(24)16(10-22)21-19(27)28-11-13-6-4-3-5-7-13/h3-7,15-16,22H,8-12H2,1-2H3,(H2-,20,21,24,25,26,27)/p+1. The Morgan fingerprint density at radius 2 is 1.72 bits per heavy atom. The van der Waals surface area contributed by atoms with Crippen LogP contribution in [-0.2, 0) is 36.6 Å². The minimum absolute atomic E-state index is 0.0127. The first-order chi connectivity index (χ1) is 13.7. The average molecular weight is 427 g/mol. The first-order valence-electron chi connectivity index (χ1n) is 8.90. The van der Waals surface area contributed by atoms with Crippen molar-refractivity contribution in [2.45, 2.75) is 31.5 Å². The Labute approximate surface area is 172 Å². The number of carboxylic acid groups (broad SMARTS) is 1. The third-order valence-corrected chi connectivity index (χ3v) is 4.68. The fraction of sp³-hybridized carbons (Fsp3) is 0.474. The predicted octanol–water partition coefficient (Wildman–Crippen LogP) is 0.0703. The highest BCUT2D eigenvalue weighted by Gasteiger charge is 2.27. The van der Waals surface area contributed by atoms with Crippen LogP contribution in [0.4, 0.5) is 4.79 Å². The minimum atomic E-state index is -1.38. The highest BCUT2D eigenvalue weighted by molar-refractivity contribution is 7.96. The van der Waals surface area contributed by atoms with Crippen molar-refractivity contribution < 1.29 is 34.1 Å². The number of aliphatic hydroxyl groups is 1. The molecule has 160 valence electrons. The molecule has 1 aromatic rings. The normalized spacial score (nSPS) is 12.7. The molecule has 0 saturated carbocycles. The molecule has 0 radical (unpaired) electrons. The number of hydrogen-bond acceptors (Lipinski definition) is 6. The number of Topliss-reactive ketones (excluding diaryl/α,β-unsaturated/α-hetero) is 1. The number of carboxylic acids is 1. The summed E-state index contributed by atoms with van der Waals surface area (Å²) in [6.07, 6.45) is 2.82. The lowest BCUT2D eigenvalue weighted by atomic mass is 10.1. The van der Waals surface area contributed by atoms with Gasteiger partial charge in [-0.15, -0.1) is 0 Å². The number of carbonyl (C=O) groups is 4. The van der Waals surface area contributed by atoms with Crippen LogP contribution in [0, 0.1) is 0 Å². The van der Waals surface area contributed by atoms with Gasteiger partial charge in [0.1, 0.15) is 18.7 Å². The molecule has 9 nitrogen and oxygen atoms in total. The summed E-state index contributed by atoms with van der Waals surface area (Å²) in [6.45, 7) is -0.769. The van der Waals surface area contributed by atoms with E-state index in [-0.39, 0.29) is 36.1 Å². The van der Waals surface area contributed by atoms with Crippen LogP contribution in [0.5, 0.6) is 0 Å². The molecule has 29 heavy (non-hydrogen) atoms. The summed E-state index contributed by atoms with van der Waals surface area (Å²) in [5.74, 6) is -1.91. The zero-order valence-electron chi connectivity index (χ0n) is 16.4. The van der Waals surface area contributed by atoms with E-state index in [1.165, 1.54) is 0 Å². The van der Waals surface area contributed by atoms with Crippen molar-refractivity contribution in [1.82, 2.24) is 10.6 Å². The maximum Gasteiger partial charge on any atom is 0.408 e. The molecule has 1 aromatic carbocycles. The summed E-state index contributed by atoms with van der Waals surface area (Å²) in [5, 5.41) is 23.1. The number of ketones is 1. The zero-order valence-corrected chi connectivity index (χ0v) is 17.2. The van der Waals surface area contributed by atoms with E-state index < -0.39 is 36.7 Å². The molecule has 0 heterocycles. The molecular weight excluding hydrogens is 400 g/mol. The van der Waals surface area contributed by atoms with Gasteiger partial charge in [0.05, 0.1) is 19.1 Å². The number of alkyl carbamates (subject to hydrolysis) is 1. The molecule has 0 aromatic heterocycles. The molecule has 2 amide bonds. The smallest absolute Gasteiger partial charge is 0.408 e. The monoisotopic (exact) mass is 427 g/mol. The maximum atomic E-state index is 12.2. The summed E-state index contributed by atoms with van der Waals surface area (Å²) in [6, 6.07) is 6.18. The quantitative estimate of drug-likeness (QED) is 0.346. The molecule has 0 bridgehead atoms. The summed E-state index contributed by atoms with van der Waals surface area (Å²) in [4.78, 5) is 47.2. The van der Waals surface area contributed by atoms with Gasteiger partial charge in [0.2, 0.25) is 5.91 Å². The van der Waals surface area contributed by atoms with Gasteiger partial charge in [0.15, 0.2) is 11.5 Å². The first kappa shape index (κ1) is 24.4. The van der Waals surface area contributed by atoms with Crippen molar-refractivity contribution in [3.05, 3.63) is 35.9 Å². The molecule has 0 aliphatic rings. The van der Waals surface area contributed by atoms with Crippen molar-refractivity contribution >= 4 is 34.6 Å². The minimum Gasteiger partial charge on any atom is -0.480 e. The van der Waals surface area contributed by atoms with Crippen molar-refractivity contribution in [3.63, 3.8) is 0 Å².